The third kappa shape index (κ3) is 5.45. The van der Waals surface area contributed by atoms with Gasteiger partial charge in [0.1, 0.15) is 5.75 Å². The number of anilines is 1. The van der Waals surface area contributed by atoms with Crippen molar-refractivity contribution < 1.29 is 22.7 Å². The number of methoxy groups -OCH3 is 1. The molecule has 11 nitrogen and oxygen atoms in total. The van der Waals surface area contributed by atoms with Gasteiger partial charge in [0.25, 0.3) is 27.4 Å². The maximum Gasteiger partial charge on any atom is 0.290 e. The second-order valence-corrected chi connectivity index (χ2v) is 7.76. The predicted molar refractivity (Wildman–Crippen MR) is 110 cm³/mol. The number of amides is 2. The Balaban J connectivity index is 1.69. The van der Waals surface area contributed by atoms with Crippen LogP contribution in [0.25, 0.3) is 0 Å². The molecule has 0 bridgehead atoms. The molecule has 0 aliphatic heterocycles. The summed E-state index contributed by atoms with van der Waals surface area (Å²) in [6.07, 6.45) is 0. The minimum atomic E-state index is -3.97. The van der Waals surface area contributed by atoms with E-state index in [9.17, 15) is 22.8 Å². The van der Waals surface area contributed by atoms with E-state index in [0.29, 0.717) is 11.4 Å². The number of benzene rings is 2. The van der Waals surface area contributed by atoms with Gasteiger partial charge in [0.15, 0.2) is 5.69 Å². The zero-order valence-electron chi connectivity index (χ0n) is 16.1. The number of aromatic amines is 1. The number of carbonyl (C=O) groups excluding carboxylic acids is 2. The lowest BCUT2D eigenvalue weighted by Crippen LogP contribution is -2.42. The molecule has 12 heteroatoms. The quantitative estimate of drug-likeness (QED) is 0.407. The number of nitrogens with one attached hydrogen (secondary N) is 4. The monoisotopic (exact) mass is 443 g/mol. The Kier molecular flexibility index (Phi) is 6.31. The van der Waals surface area contributed by atoms with Crippen molar-refractivity contribution in [3.63, 3.8) is 0 Å². The van der Waals surface area contributed by atoms with Crippen LogP contribution in [0.1, 0.15) is 20.8 Å². The molecule has 3 aromatic rings. The Morgan fingerprint density at radius 1 is 0.968 bits per heavy atom. The van der Waals surface area contributed by atoms with E-state index in [-0.39, 0.29) is 16.2 Å². The summed E-state index contributed by atoms with van der Waals surface area (Å²) in [6.45, 7) is 0. The number of ether oxygens (including phenoxy) is 1. The molecule has 1 heterocycles. The molecule has 3 rings (SSSR count). The first-order chi connectivity index (χ1) is 14.8. The number of hydrogen-bond acceptors (Lipinski definition) is 7. The Morgan fingerprint density at radius 3 is 2.32 bits per heavy atom. The van der Waals surface area contributed by atoms with Gasteiger partial charge in [0.05, 0.1) is 12.0 Å². The maximum absolute atomic E-state index is 12.6. The van der Waals surface area contributed by atoms with Crippen LogP contribution >= 0.6 is 0 Å². The van der Waals surface area contributed by atoms with E-state index < -0.39 is 27.4 Å². The molecule has 0 spiro atoms. The standard InChI is InChI=1S/C19H17N5O6S/c1-30-14-7-5-13(6-8-14)24-31(28,29)15-4-2-3-12(11-15)18(26)22-23-19(27)16-9-10-17(25)21-20-16/h2-11,24H,1H3,(H,21,25)(H,22,26)(H,23,27). The first kappa shape index (κ1) is 21.5. The molecule has 0 saturated carbocycles. The molecule has 31 heavy (non-hydrogen) atoms. The van der Waals surface area contributed by atoms with Crippen LogP contribution in [0, 0.1) is 0 Å². The number of sulfonamides is 1. The summed E-state index contributed by atoms with van der Waals surface area (Å²) in [6, 6.07) is 13.8. The zero-order chi connectivity index (χ0) is 22.4. The van der Waals surface area contributed by atoms with E-state index in [1.54, 1.807) is 12.1 Å². The maximum atomic E-state index is 12.6. The minimum Gasteiger partial charge on any atom is -0.497 e. The topological polar surface area (TPSA) is 159 Å². The van der Waals surface area contributed by atoms with Crippen molar-refractivity contribution in [3.05, 3.63) is 82.3 Å². The van der Waals surface area contributed by atoms with E-state index in [1.807, 2.05) is 0 Å². The minimum absolute atomic E-state index is 0.00710. The van der Waals surface area contributed by atoms with Crippen LogP contribution in [0.3, 0.4) is 0 Å². The summed E-state index contributed by atoms with van der Waals surface area (Å²) in [4.78, 5) is 35.1. The Bertz CT molecular complexity index is 1250. The van der Waals surface area contributed by atoms with Gasteiger partial charge in [-0.15, -0.1) is 0 Å². The highest BCUT2D eigenvalue weighted by Gasteiger charge is 2.17. The average molecular weight is 443 g/mol. The van der Waals surface area contributed by atoms with Gasteiger partial charge in [-0.05, 0) is 48.5 Å². The molecule has 0 saturated heterocycles. The molecule has 0 fully saturated rings. The summed E-state index contributed by atoms with van der Waals surface area (Å²) >= 11 is 0. The van der Waals surface area contributed by atoms with Crippen molar-refractivity contribution >= 4 is 27.5 Å². The van der Waals surface area contributed by atoms with Crippen LogP contribution in [0.5, 0.6) is 5.75 Å². The predicted octanol–water partition coefficient (Wildman–Crippen LogP) is 0.654. The first-order valence-corrected chi connectivity index (χ1v) is 10.2. The highest BCUT2D eigenvalue weighted by molar-refractivity contribution is 7.92. The number of hydrogen-bond donors (Lipinski definition) is 4. The fourth-order valence-corrected chi connectivity index (χ4v) is 3.50. The molecule has 160 valence electrons. The average Bonchev–Trinajstić information content (AvgIpc) is 2.78. The summed E-state index contributed by atoms with van der Waals surface area (Å²) in [5, 5.41) is 5.62. The second-order valence-electron chi connectivity index (χ2n) is 6.08. The summed E-state index contributed by atoms with van der Waals surface area (Å²) in [7, 11) is -2.47. The Hall–Kier alpha value is -4.19. The van der Waals surface area contributed by atoms with Gasteiger partial charge in [-0.1, -0.05) is 6.07 Å². The van der Waals surface area contributed by atoms with E-state index in [4.69, 9.17) is 4.74 Å². The molecule has 0 radical (unpaired) electrons. The lowest BCUT2D eigenvalue weighted by molar-refractivity contribution is 0.0843. The van der Waals surface area contributed by atoms with Crippen molar-refractivity contribution in [3.8, 4) is 5.75 Å². The van der Waals surface area contributed by atoms with Crippen LogP contribution in [-0.4, -0.2) is 37.5 Å². The zero-order valence-corrected chi connectivity index (χ0v) is 16.9. The van der Waals surface area contributed by atoms with Gasteiger partial charge < -0.3 is 4.74 Å². The van der Waals surface area contributed by atoms with Gasteiger partial charge in [-0.25, -0.2) is 13.5 Å². The van der Waals surface area contributed by atoms with Gasteiger partial charge in [-0.2, -0.15) is 5.10 Å². The number of hydrazine groups is 1. The fourth-order valence-electron chi connectivity index (χ4n) is 2.40. The van der Waals surface area contributed by atoms with E-state index in [1.165, 1.54) is 43.5 Å². The molecule has 0 aliphatic carbocycles. The number of rotatable bonds is 6. The van der Waals surface area contributed by atoms with Gasteiger partial charge >= 0.3 is 0 Å². The number of carbonyl (C=O) groups is 2. The van der Waals surface area contributed by atoms with E-state index >= 15 is 0 Å². The Morgan fingerprint density at radius 2 is 1.68 bits per heavy atom. The van der Waals surface area contributed by atoms with Gasteiger partial charge in [-0.3, -0.25) is 30.0 Å². The van der Waals surface area contributed by atoms with Crippen molar-refractivity contribution in [2.24, 2.45) is 0 Å². The summed E-state index contributed by atoms with van der Waals surface area (Å²) < 4.78 is 32.7. The molecule has 4 N–H and O–H groups in total. The number of nitrogens with zero attached hydrogens (tertiary/aromatic N) is 1. The lowest BCUT2D eigenvalue weighted by Gasteiger charge is -2.10. The summed E-state index contributed by atoms with van der Waals surface area (Å²) in [5.41, 5.74) is 3.98. The molecular formula is C19H17N5O6S. The van der Waals surface area contributed by atoms with E-state index in [0.717, 1.165) is 12.1 Å². The molecule has 2 amide bonds. The van der Waals surface area contributed by atoms with Gasteiger partial charge in [0.2, 0.25) is 0 Å². The number of aromatic nitrogens is 2. The van der Waals surface area contributed by atoms with Crippen molar-refractivity contribution in [2.75, 3.05) is 11.8 Å². The third-order valence-electron chi connectivity index (χ3n) is 3.95. The highest BCUT2D eigenvalue weighted by atomic mass is 32.2. The summed E-state index contributed by atoms with van der Waals surface area (Å²) in [5.74, 6) is -0.949. The van der Waals surface area contributed by atoms with Gasteiger partial charge in [0, 0.05) is 17.3 Å². The lowest BCUT2D eigenvalue weighted by atomic mass is 10.2. The first-order valence-electron chi connectivity index (χ1n) is 8.72. The van der Waals surface area contributed by atoms with E-state index in [2.05, 4.69) is 25.8 Å². The van der Waals surface area contributed by atoms with Crippen LogP contribution < -0.4 is 25.9 Å². The van der Waals surface area contributed by atoms with Crippen molar-refractivity contribution in [2.45, 2.75) is 4.90 Å². The molecule has 2 aromatic carbocycles. The third-order valence-corrected chi connectivity index (χ3v) is 5.33. The molecule has 1 aromatic heterocycles. The second kappa shape index (κ2) is 9.09. The number of H-pyrrole nitrogens is 1. The largest absolute Gasteiger partial charge is 0.497 e. The normalized spacial score (nSPS) is 10.7. The fraction of sp³-hybridized carbons (Fsp3) is 0.0526. The molecule has 0 atom stereocenters. The molecular weight excluding hydrogens is 426 g/mol. The molecule has 0 unspecified atom stereocenters. The van der Waals surface area contributed by atoms with Crippen molar-refractivity contribution in [1.82, 2.24) is 21.0 Å². The Labute approximate surface area is 176 Å². The van der Waals surface area contributed by atoms with Crippen LogP contribution in [0.4, 0.5) is 5.69 Å². The van der Waals surface area contributed by atoms with Crippen LogP contribution in [-0.2, 0) is 10.0 Å². The SMILES string of the molecule is COc1ccc(NS(=O)(=O)c2cccc(C(=O)NNC(=O)c3ccc(=O)[nH]n3)c2)cc1. The van der Waals surface area contributed by atoms with Crippen molar-refractivity contribution in [1.29, 1.82) is 0 Å². The highest BCUT2D eigenvalue weighted by Crippen LogP contribution is 2.20. The smallest absolute Gasteiger partial charge is 0.290 e. The van der Waals surface area contributed by atoms with Crippen LogP contribution in [0.2, 0.25) is 0 Å². The van der Waals surface area contributed by atoms with Crippen LogP contribution in [0.15, 0.2) is 70.4 Å². The molecule has 0 aliphatic rings.